The molecule has 1 amide bonds. The zero-order valence-electron chi connectivity index (χ0n) is 17.6. The van der Waals surface area contributed by atoms with Crippen molar-refractivity contribution in [3.05, 3.63) is 18.1 Å². The summed E-state index contributed by atoms with van der Waals surface area (Å²) in [5.74, 6) is 0.687. The van der Waals surface area contributed by atoms with Crippen LogP contribution < -0.4 is 10.2 Å². The van der Waals surface area contributed by atoms with Gasteiger partial charge in [-0.2, -0.15) is 0 Å². The molecule has 3 rings (SSSR count). The molecule has 28 heavy (non-hydrogen) atoms. The lowest BCUT2D eigenvalue weighted by Gasteiger charge is -2.38. The molecule has 0 aromatic carbocycles. The van der Waals surface area contributed by atoms with Gasteiger partial charge in [0, 0.05) is 38.8 Å². The summed E-state index contributed by atoms with van der Waals surface area (Å²) in [7, 11) is 0. The van der Waals surface area contributed by atoms with Gasteiger partial charge in [-0.15, -0.1) is 0 Å². The molecule has 2 fully saturated rings. The highest BCUT2D eigenvalue weighted by atomic mass is 16.5. The van der Waals surface area contributed by atoms with E-state index in [0.717, 1.165) is 64.1 Å². The predicted octanol–water partition coefficient (Wildman–Crippen LogP) is 2.47. The summed E-state index contributed by atoms with van der Waals surface area (Å²) in [6.45, 7) is 11.4. The number of likely N-dealkylation sites (tertiary alicyclic amines) is 1. The first-order chi connectivity index (χ1) is 13.6. The van der Waals surface area contributed by atoms with Crippen LogP contribution in [0, 0.1) is 0 Å². The number of piperidine rings is 2. The van der Waals surface area contributed by atoms with Gasteiger partial charge in [0.2, 0.25) is 0 Å². The molecule has 2 saturated heterocycles. The van der Waals surface area contributed by atoms with Gasteiger partial charge >= 0.3 is 0 Å². The molecule has 0 aliphatic carbocycles. The Morgan fingerprint density at radius 2 is 1.75 bits per heavy atom. The van der Waals surface area contributed by atoms with Crippen molar-refractivity contribution in [2.75, 3.05) is 37.6 Å². The molecule has 0 saturated carbocycles. The van der Waals surface area contributed by atoms with E-state index in [4.69, 9.17) is 4.74 Å². The van der Waals surface area contributed by atoms with E-state index >= 15 is 0 Å². The van der Waals surface area contributed by atoms with E-state index < -0.39 is 0 Å². The number of hydrogen-bond acceptors (Lipinski definition) is 6. The van der Waals surface area contributed by atoms with E-state index in [0.29, 0.717) is 30.5 Å². The van der Waals surface area contributed by atoms with Crippen LogP contribution >= 0.6 is 0 Å². The number of nitrogens with zero attached hydrogens (tertiary/aromatic N) is 4. The zero-order valence-corrected chi connectivity index (χ0v) is 17.6. The predicted molar refractivity (Wildman–Crippen MR) is 111 cm³/mol. The standard InChI is InChI=1S/C21H35N5O2/c1-4-9-22-21(27)19-14-24-20(15-23-19)26-12-7-18(8-13-26)28-17-5-10-25(11-6-17)16(2)3/h14-18H,4-13H2,1-3H3,(H,22,27). The van der Waals surface area contributed by atoms with E-state index in [-0.39, 0.29) is 5.91 Å². The van der Waals surface area contributed by atoms with Crippen LogP contribution in [-0.2, 0) is 4.74 Å². The maximum atomic E-state index is 11.9. The van der Waals surface area contributed by atoms with E-state index in [2.05, 4.69) is 38.9 Å². The van der Waals surface area contributed by atoms with Crippen LogP contribution in [0.1, 0.15) is 63.4 Å². The van der Waals surface area contributed by atoms with Crippen LogP contribution in [0.15, 0.2) is 12.4 Å². The number of carbonyl (C=O) groups is 1. The summed E-state index contributed by atoms with van der Waals surface area (Å²) in [5, 5.41) is 2.83. The normalized spacial score (nSPS) is 19.9. The molecule has 0 atom stereocenters. The van der Waals surface area contributed by atoms with Crippen LogP contribution in [0.5, 0.6) is 0 Å². The average molecular weight is 390 g/mol. The molecule has 156 valence electrons. The van der Waals surface area contributed by atoms with Crippen molar-refractivity contribution < 1.29 is 9.53 Å². The Bertz CT molecular complexity index is 606. The molecular weight excluding hydrogens is 354 g/mol. The first kappa shape index (κ1) is 21.0. The van der Waals surface area contributed by atoms with Gasteiger partial charge in [0.25, 0.3) is 5.91 Å². The Labute approximate surface area is 168 Å². The summed E-state index contributed by atoms with van der Waals surface area (Å²) in [6, 6.07) is 0.634. The Kier molecular flexibility index (Phi) is 7.62. The highest BCUT2D eigenvalue weighted by molar-refractivity contribution is 5.91. The second kappa shape index (κ2) is 10.2. The number of amides is 1. The number of anilines is 1. The summed E-state index contributed by atoms with van der Waals surface area (Å²) >= 11 is 0. The van der Waals surface area contributed by atoms with Gasteiger partial charge in [0.15, 0.2) is 0 Å². The lowest BCUT2D eigenvalue weighted by molar-refractivity contribution is -0.0540. The van der Waals surface area contributed by atoms with E-state index in [1.165, 1.54) is 0 Å². The molecule has 3 heterocycles. The lowest BCUT2D eigenvalue weighted by atomic mass is 10.0. The van der Waals surface area contributed by atoms with E-state index in [9.17, 15) is 4.79 Å². The molecule has 0 spiro atoms. The molecule has 0 unspecified atom stereocenters. The largest absolute Gasteiger partial charge is 0.375 e. The molecule has 1 N–H and O–H groups in total. The van der Waals surface area contributed by atoms with Crippen molar-refractivity contribution in [3.63, 3.8) is 0 Å². The minimum atomic E-state index is -0.156. The van der Waals surface area contributed by atoms with Crippen LogP contribution in [0.4, 0.5) is 5.82 Å². The molecule has 0 bridgehead atoms. The number of aromatic nitrogens is 2. The molecule has 1 aromatic heterocycles. The first-order valence-electron chi connectivity index (χ1n) is 10.8. The summed E-state index contributed by atoms with van der Waals surface area (Å²) in [5.41, 5.74) is 0.378. The SMILES string of the molecule is CCCNC(=O)c1cnc(N2CCC(OC3CCN(C(C)C)CC3)CC2)cn1. The Hall–Kier alpha value is -1.73. The number of hydrogen-bond donors (Lipinski definition) is 1. The molecule has 0 radical (unpaired) electrons. The van der Waals surface area contributed by atoms with E-state index in [1.807, 2.05) is 6.92 Å². The fourth-order valence-electron chi connectivity index (χ4n) is 3.95. The number of carbonyl (C=O) groups excluding carboxylic acids is 1. The third-order valence-corrected chi connectivity index (χ3v) is 5.76. The Balaban J connectivity index is 1.42. The lowest BCUT2D eigenvalue weighted by Crippen LogP contribution is -2.44. The minimum absolute atomic E-state index is 0.156. The highest BCUT2D eigenvalue weighted by Crippen LogP contribution is 2.23. The van der Waals surface area contributed by atoms with Crippen molar-refractivity contribution in [2.45, 2.75) is 71.1 Å². The van der Waals surface area contributed by atoms with Gasteiger partial charge in [-0.1, -0.05) is 6.92 Å². The van der Waals surface area contributed by atoms with Crippen LogP contribution in [0.3, 0.4) is 0 Å². The minimum Gasteiger partial charge on any atom is -0.375 e. The second-order valence-electron chi connectivity index (χ2n) is 8.17. The van der Waals surface area contributed by atoms with Crippen molar-refractivity contribution >= 4 is 11.7 Å². The van der Waals surface area contributed by atoms with Gasteiger partial charge in [0.05, 0.1) is 24.6 Å². The van der Waals surface area contributed by atoms with Gasteiger partial charge in [0.1, 0.15) is 11.5 Å². The molecule has 1 aromatic rings. The zero-order chi connectivity index (χ0) is 19.9. The molecule has 7 heteroatoms. The quantitative estimate of drug-likeness (QED) is 0.773. The molecular formula is C21H35N5O2. The van der Waals surface area contributed by atoms with Gasteiger partial charge in [-0.25, -0.2) is 9.97 Å². The summed E-state index contributed by atoms with van der Waals surface area (Å²) in [6.07, 6.45) is 9.28. The van der Waals surface area contributed by atoms with Crippen LogP contribution in [0.2, 0.25) is 0 Å². The van der Waals surface area contributed by atoms with Crippen LogP contribution in [-0.4, -0.2) is 71.7 Å². The first-order valence-corrected chi connectivity index (χ1v) is 10.8. The van der Waals surface area contributed by atoms with Crippen molar-refractivity contribution in [2.24, 2.45) is 0 Å². The van der Waals surface area contributed by atoms with E-state index in [1.54, 1.807) is 12.4 Å². The smallest absolute Gasteiger partial charge is 0.271 e. The van der Waals surface area contributed by atoms with Crippen molar-refractivity contribution in [1.82, 2.24) is 20.2 Å². The monoisotopic (exact) mass is 389 g/mol. The summed E-state index contributed by atoms with van der Waals surface area (Å²) in [4.78, 5) is 25.4. The van der Waals surface area contributed by atoms with Gasteiger partial charge in [-0.05, 0) is 46.0 Å². The maximum Gasteiger partial charge on any atom is 0.271 e. The number of nitrogens with one attached hydrogen (secondary N) is 1. The van der Waals surface area contributed by atoms with Crippen molar-refractivity contribution in [1.29, 1.82) is 0 Å². The molecule has 2 aliphatic heterocycles. The Morgan fingerprint density at radius 1 is 1.11 bits per heavy atom. The topological polar surface area (TPSA) is 70.6 Å². The fraction of sp³-hybridized carbons (Fsp3) is 0.762. The fourth-order valence-corrected chi connectivity index (χ4v) is 3.95. The average Bonchev–Trinajstić information content (AvgIpc) is 2.73. The third-order valence-electron chi connectivity index (χ3n) is 5.76. The third kappa shape index (κ3) is 5.64. The number of ether oxygens (including phenoxy) is 1. The summed E-state index contributed by atoms with van der Waals surface area (Å²) < 4.78 is 6.39. The van der Waals surface area contributed by atoms with Gasteiger partial charge in [-0.3, -0.25) is 4.79 Å². The van der Waals surface area contributed by atoms with Crippen LogP contribution in [0.25, 0.3) is 0 Å². The van der Waals surface area contributed by atoms with Crippen molar-refractivity contribution in [3.8, 4) is 0 Å². The van der Waals surface area contributed by atoms with Gasteiger partial charge < -0.3 is 19.9 Å². The number of rotatable bonds is 7. The Morgan fingerprint density at radius 3 is 2.29 bits per heavy atom. The molecule has 2 aliphatic rings. The highest BCUT2D eigenvalue weighted by Gasteiger charge is 2.27. The molecule has 7 nitrogen and oxygen atoms in total. The maximum absolute atomic E-state index is 11.9. The second-order valence-corrected chi connectivity index (χ2v) is 8.17.